The Morgan fingerprint density at radius 2 is 1.93 bits per heavy atom. The zero-order valence-electron chi connectivity index (χ0n) is 15.8. The third kappa shape index (κ3) is 5.55. The van der Waals surface area contributed by atoms with Gasteiger partial charge in [-0.1, -0.05) is 73.3 Å². The third-order valence-electron chi connectivity index (χ3n) is 3.74. The van der Waals surface area contributed by atoms with Gasteiger partial charge in [0.05, 0.1) is 5.75 Å². The van der Waals surface area contributed by atoms with Gasteiger partial charge in [-0.3, -0.25) is 14.7 Å². The van der Waals surface area contributed by atoms with Crippen molar-refractivity contribution in [1.82, 2.24) is 25.0 Å². The standard InChI is InChI=1S/C18H22N6OS3/c1-3-5-11-26-18-23-21-16(28-18)19-15(25)12-27-17-22-20-14(4-2)24(17)13-9-7-6-8-10-13/h6-10H,3-5,11-12H2,1-2H3,(H,19,21,25). The number of amides is 1. The normalized spacial score (nSPS) is 10.9. The Morgan fingerprint density at radius 3 is 2.68 bits per heavy atom. The lowest BCUT2D eigenvalue weighted by Gasteiger charge is -2.08. The van der Waals surface area contributed by atoms with E-state index in [-0.39, 0.29) is 11.7 Å². The molecule has 1 N–H and O–H groups in total. The summed E-state index contributed by atoms with van der Waals surface area (Å²) >= 11 is 4.44. The van der Waals surface area contributed by atoms with Gasteiger partial charge in [0.25, 0.3) is 0 Å². The Labute approximate surface area is 176 Å². The molecule has 0 saturated heterocycles. The van der Waals surface area contributed by atoms with Gasteiger partial charge in [0.15, 0.2) is 9.50 Å². The summed E-state index contributed by atoms with van der Waals surface area (Å²) in [5.41, 5.74) is 0.991. The summed E-state index contributed by atoms with van der Waals surface area (Å²) in [5, 5.41) is 20.7. The highest BCUT2D eigenvalue weighted by Gasteiger charge is 2.15. The molecular weight excluding hydrogens is 412 g/mol. The number of aromatic nitrogens is 5. The van der Waals surface area contributed by atoms with Crippen LogP contribution in [0.1, 0.15) is 32.5 Å². The molecule has 3 aromatic rings. The summed E-state index contributed by atoms with van der Waals surface area (Å²) in [4.78, 5) is 12.3. The minimum absolute atomic E-state index is 0.132. The van der Waals surface area contributed by atoms with Crippen molar-refractivity contribution in [2.24, 2.45) is 0 Å². The number of carbonyl (C=O) groups excluding carboxylic acids is 1. The molecule has 10 heteroatoms. The lowest BCUT2D eigenvalue weighted by Crippen LogP contribution is -2.14. The van der Waals surface area contributed by atoms with Gasteiger partial charge in [0.2, 0.25) is 11.0 Å². The minimum Gasteiger partial charge on any atom is -0.300 e. The number of nitrogens with zero attached hydrogens (tertiary/aromatic N) is 5. The minimum atomic E-state index is -0.132. The largest absolute Gasteiger partial charge is 0.300 e. The number of aryl methyl sites for hydroxylation is 1. The third-order valence-corrected chi connectivity index (χ3v) is 6.73. The predicted octanol–water partition coefficient (Wildman–Crippen LogP) is 4.30. The zero-order chi connectivity index (χ0) is 19.8. The van der Waals surface area contributed by atoms with E-state index in [1.54, 1.807) is 11.8 Å². The molecule has 0 aliphatic rings. The van der Waals surface area contributed by atoms with Crippen LogP contribution in [0.2, 0.25) is 0 Å². The zero-order valence-corrected chi connectivity index (χ0v) is 18.2. The van der Waals surface area contributed by atoms with Crippen LogP contribution in [0.5, 0.6) is 0 Å². The first-order valence-corrected chi connectivity index (χ1v) is 11.9. The maximum absolute atomic E-state index is 12.3. The second-order valence-electron chi connectivity index (χ2n) is 5.84. The molecule has 28 heavy (non-hydrogen) atoms. The Bertz CT molecular complexity index is 896. The molecule has 2 heterocycles. The number of carbonyl (C=O) groups is 1. The van der Waals surface area contributed by atoms with Crippen LogP contribution >= 0.6 is 34.9 Å². The molecule has 0 fully saturated rings. The molecule has 7 nitrogen and oxygen atoms in total. The summed E-state index contributed by atoms with van der Waals surface area (Å²) in [5.74, 6) is 1.98. The second-order valence-corrected chi connectivity index (χ2v) is 9.10. The lowest BCUT2D eigenvalue weighted by atomic mass is 10.3. The van der Waals surface area contributed by atoms with Crippen molar-refractivity contribution in [3.63, 3.8) is 0 Å². The van der Waals surface area contributed by atoms with E-state index in [0.717, 1.165) is 40.9 Å². The first kappa shape index (κ1) is 20.8. The summed E-state index contributed by atoms with van der Waals surface area (Å²) < 4.78 is 2.87. The van der Waals surface area contributed by atoms with Crippen LogP contribution in [0.15, 0.2) is 39.8 Å². The van der Waals surface area contributed by atoms with Crippen molar-refractivity contribution in [3.05, 3.63) is 36.2 Å². The van der Waals surface area contributed by atoms with Gasteiger partial charge in [-0.15, -0.1) is 20.4 Å². The Hall–Kier alpha value is -1.91. The van der Waals surface area contributed by atoms with Gasteiger partial charge in [-0.2, -0.15) is 0 Å². The van der Waals surface area contributed by atoms with Gasteiger partial charge in [-0.25, -0.2) is 0 Å². The number of nitrogens with one attached hydrogen (secondary N) is 1. The summed E-state index contributed by atoms with van der Waals surface area (Å²) in [6.45, 7) is 4.20. The van der Waals surface area contributed by atoms with Crippen LogP contribution in [0, 0.1) is 0 Å². The van der Waals surface area contributed by atoms with Gasteiger partial charge >= 0.3 is 0 Å². The van der Waals surface area contributed by atoms with Crippen molar-refractivity contribution in [2.45, 2.75) is 42.6 Å². The van der Waals surface area contributed by atoms with Gasteiger partial charge in [0, 0.05) is 17.9 Å². The van der Waals surface area contributed by atoms with E-state index in [1.165, 1.54) is 23.1 Å². The number of para-hydroxylation sites is 1. The molecule has 0 aliphatic heterocycles. The number of anilines is 1. The number of hydrogen-bond donors (Lipinski definition) is 1. The molecule has 0 saturated carbocycles. The van der Waals surface area contributed by atoms with E-state index in [4.69, 9.17) is 0 Å². The molecule has 0 unspecified atom stereocenters. The average molecular weight is 435 g/mol. The van der Waals surface area contributed by atoms with E-state index in [2.05, 4.69) is 32.6 Å². The first-order chi connectivity index (χ1) is 13.7. The number of thioether (sulfide) groups is 2. The van der Waals surface area contributed by atoms with Crippen LogP contribution in [-0.4, -0.2) is 42.4 Å². The van der Waals surface area contributed by atoms with Crippen molar-refractivity contribution < 1.29 is 4.79 Å². The number of rotatable bonds is 10. The first-order valence-electron chi connectivity index (χ1n) is 9.10. The van der Waals surface area contributed by atoms with Gasteiger partial charge < -0.3 is 0 Å². The van der Waals surface area contributed by atoms with E-state index < -0.39 is 0 Å². The van der Waals surface area contributed by atoms with E-state index in [1.807, 2.05) is 41.8 Å². The summed E-state index contributed by atoms with van der Waals surface area (Å²) in [6.07, 6.45) is 3.06. The molecule has 0 spiro atoms. The molecule has 0 aliphatic carbocycles. The van der Waals surface area contributed by atoms with Crippen LogP contribution in [-0.2, 0) is 11.2 Å². The quantitative estimate of drug-likeness (QED) is 0.289. The molecular formula is C18H22N6OS3. The molecule has 148 valence electrons. The van der Waals surface area contributed by atoms with Crippen molar-refractivity contribution in [2.75, 3.05) is 16.8 Å². The number of hydrogen-bond acceptors (Lipinski definition) is 8. The smallest absolute Gasteiger partial charge is 0.236 e. The van der Waals surface area contributed by atoms with Crippen molar-refractivity contribution in [1.29, 1.82) is 0 Å². The molecule has 0 atom stereocenters. The fraction of sp³-hybridized carbons (Fsp3) is 0.389. The van der Waals surface area contributed by atoms with E-state index >= 15 is 0 Å². The summed E-state index contributed by atoms with van der Waals surface area (Å²) in [7, 11) is 0. The van der Waals surface area contributed by atoms with Gasteiger partial charge in [-0.05, 0) is 18.6 Å². The predicted molar refractivity (Wildman–Crippen MR) is 116 cm³/mol. The topological polar surface area (TPSA) is 85.6 Å². The Balaban J connectivity index is 1.59. The molecule has 0 bridgehead atoms. The van der Waals surface area contributed by atoms with E-state index in [0.29, 0.717) is 10.3 Å². The number of benzene rings is 1. The van der Waals surface area contributed by atoms with E-state index in [9.17, 15) is 4.79 Å². The molecule has 3 rings (SSSR count). The fourth-order valence-electron chi connectivity index (χ4n) is 2.37. The van der Waals surface area contributed by atoms with Crippen molar-refractivity contribution in [3.8, 4) is 5.69 Å². The Morgan fingerprint density at radius 1 is 1.11 bits per heavy atom. The molecule has 1 aromatic carbocycles. The molecule has 2 aromatic heterocycles. The SMILES string of the molecule is CCCCSc1nnc(NC(=O)CSc2nnc(CC)n2-c2ccccc2)s1. The van der Waals surface area contributed by atoms with Crippen LogP contribution in [0.3, 0.4) is 0 Å². The van der Waals surface area contributed by atoms with Crippen molar-refractivity contribution >= 4 is 45.9 Å². The fourth-order valence-corrected chi connectivity index (χ4v) is 5.06. The highest BCUT2D eigenvalue weighted by Crippen LogP contribution is 2.27. The average Bonchev–Trinajstić information content (AvgIpc) is 3.33. The Kier molecular flexibility index (Phi) is 7.87. The lowest BCUT2D eigenvalue weighted by molar-refractivity contribution is -0.113. The summed E-state index contributed by atoms with van der Waals surface area (Å²) in [6, 6.07) is 9.93. The maximum Gasteiger partial charge on any atom is 0.236 e. The van der Waals surface area contributed by atoms with Crippen LogP contribution in [0.4, 0.5) is 5.13 Å². The maximum atomic E-state index is 12.3. The second kappa shape index (κ2) is 10.6. The molecule has 0 radical (unpaired) electrons. The molecule has 1 amide bonds. The number of unbranched alkanes of at least 4 members (excludes halogenated alkanes) is 1. The van der Waals surface area contributed by atoms with Gasteiger partial charge in [0.1, 0.15) is 5.82 Å². The monoisotopic (exact) mass is 434 g/mol. The van der Waals surface area contributed by atoms with Crippen LogP contribution < -0.4 is 5.32 Å². The highest BCUT2D eigenvalue weighted by atomic mass is 32.2. The highest BCUT2D eigenvalue weighted by molar-refractivity contribution is 8.01. The van der Waals surface area contributed by atoms with Crippen LogP contribution in [0.25, 0.3) is 5.69 Å².